The number of nitro benzene ring substituents is 1. The molecule has 0 fully saturated rings. The maximum atomic E-state index is 11.9. The molecule has 0 heterocycles. The minimum absolute atomic E-state index is 0.107. The van der Waals surface area contributed by atoms with Crippen molar-refractivity contribution in [3.63, 3.8) is 0 Å². The highest BCUT2D eigenvalue weighted by molar-refractivity contribution is 9.10. The number of ether oxygens (including phenoxy) is 1. The zero-order valence-corrected chi connectivity index (χ0v) is 12.8. The molecule has 1 N–H and O–H groups in total. The normalized spacial score (nSPS) is 10.3. The number of halogens is 1. The molecule has 0 bridgehead atoms. The summed E-state index contributed by atoms with van der Waals surface area (Å²) in [6, 6.07) is 4.10. The summed E-state index contributed by atoms with van der Waals surface area (Å²) < 4.78 is 5.83. The molecule has 0 saturated carbocycles. The van der Waals surface area contributed by atoms with Crippen LogP contribution in [-0.2, 0) is 4.74 Å². The largest absolute Gasteiger partial charge is 0.381 e. The molecule has 6 nitrogen and oxygen atoms in total. The Bertz CT molecular complexity index is 479. The van der Waals surface area contributed by atoms with E-state index in [1.54, 1.807) is 0 Å². The van der Waals surface area contributed by atoms with Gasteiger partial charge in [-0.25, -0.2) is 0 Å². The Hall–Kier alpha value is -1.47. The number of hydrogen-bond donors (Lipinski definition) is 1. The Morgan fingerprint density at radius 1 is 1.45 bits per heavy atom. The summed E-state index contributed by atoms with van der Waals surface area (Å²) in [4.78, 5) is 22.1. The molecule has 0 aliphatic carbocycles. The highest BCUT2D eigenvalue weighted by atomic mass is 79.9. The molecule has 1 aromatic rings. The minimum Gasteiger partial charge on any atom is -0.381 e. The average molecular weight is 345 g/mol. The topological polar surface area (TPSA) is 81.5 Å². The molecule has 1 amide bonds. The summed E-state index contributed by atoms with van der Waals surface area (Å²) in [6.07, 6.45) is 1.67. The smallest absolute Gasteiger partial charge is 0.270 e. The number of hydrogen-bond acceptors (Lipinski definition) is 4. The van der Waals surface area contributed by atoms with Crippen molar-refractivity contribution >= 4 is 27.5 Å². The molecule has 110 valence electrons. The van der Waals surface area contributed by atoms with E-state index in [1.807, 2.05) is 6.92 Å². The molecular weight excluding hydrogens is 328 g/mol. The van der Waals surface area contributed by atoms with Crippen LogP contribution in [0.2, 0.25) is 0 Å². The second-order valence-corrected chi connectivity index (χ2v) is 5.00. The van der Waals surface area contributed by atoms with Gasteiger partial charge in [0, 0.05) is 36.4 Å². The number of rotatable bonds is 8. The van der Waals surface area contributed by atoms with E-state index in [0.29, 0.717) is 30.7 Å². The SMILES string of the molecule is CCCOCCCNC(=O)c1cc([N+](=O)[O-])ccc1Br. The zero-order valence-electron chi connectivity index (χ0n) is 11.2. The van der Waals surface area contributed by atoms with Gasteiger partial charge in [0.15, 0.2) is 0 Å². The van der Waals surface area contributed by atoms with Crippen LogP contribution in [0.1, 0.15) is 30.1 Å². The van der Waals surface area contributed by atoms with Crippen LogP contribution in [0.15, 0.2) is 22.7 Å². The number of nitro groups is 1. The highest BCUT2D eigenvalue weighted by Crippen LogP contribution is 2.22. The summed E-state index contributed by atoms with van der Waals surface area (Å²) in [5, 5.41) is 13.4. The molecule has 0 saturated heterocycles. The molecule has 0 aliphatic rings. The van der Waals surface area contributed by atoms with Gasteiger partial charge in [-0.1, -0.05) is 6.92 Å². The standard InChI is InChI=1S/C13H17BrN2O4/c1-2-7-20-8-3-6-15-13(17)11-9-10(16(18)19)4-5-12(11)14/h4-5,9H,2-3,6-8H2,1H3,(H,15,17). The van der Waals surface area contributed by atoms with Crippen LogP contribution in [0.3, 0.4) is 0 Å². The number of amides is 1. The predicted octanol–water partition coefficient (Wildman–Crippen LogP) is 2.90. The zero-order chi connectivity index (χ0) is 15.0. The van der Waals surface area contributed by atoms with Gasteiger partial charge in [-0.3, -0.25) is 14.9 Å². The van der Waals surface area contributed by atoms with E-state index in [0.717, 1.165) is 6.42 Å². The first-order valence-corrected chi connectivity index (χ1v) is 7.15. The molecule has 20 heavy (non-hydrogen) atoms. The lowest BCUT2D eigenvalue weighted by atomic mass is 10.2. The Kier molecular flexibility index (Phi) is 7.17. The van der Waals surface area contributed by atoms with Gasteiger partial charge in [-0.05, 0) is 34.8 Å². The summed E-state index contributed by atoms with van der Waals surface area (Å²) >= 11 is 3.22. The maximum absolute atomic E-state index is 11.9. The van der Waals surface area contributed by atoms with Crippen LogP contribution in [-0.4, -0.2) is 30.6 Å². The first-order valence-electron chi connectivity index (χ1n) is 6.36. The predicted molar refractivity (Wildman–Crippen MR) is 78.9 cm³/mol. The van der Waals surface area contributed by atoms with Gasteiger partial charge in [0.05, 0.1) is 10.5 Å². The Labute approximate surface area is 125 Å². The lowest BCUT2D eigenvalue weighted by molar-refractivity contribution is -0.384. The van der Waals surface area contributed by atoms with Crippen LogP contribution in [0.4, 0.5) is 5.69 Å². The molecule has 0 spiro atoms. The van der Waals surface area contributed by atoms with Crippen LogP contribution >= 0.6 is 15.9 Å². The van der Waals surface area contributed by atoms with E-state index in [1.165, 1.54) is 18.2 Å². The van der Waals surface area contributed by atoms with E-state index in [9.17, 15) is 14.9 Å². The molecule has 1 rings (SSSR count). The van der Waals surface area contributed by atoms with Crippen molar-refractivity contribution in [2.75, 3.05) is 19.8 Å². The first kappa shape index (κ1) is 16.6. The molecule has 0 atom stereocenters. The second-order valence-electron chi connectivity index (χ2n) is 4.14. The van der Waals surface area contributed by atoms with Gasteiger partial charge in [-0.15, -0.1) is 0 Å². The monoisotopic (exact) mass is 344 g/mol. The molecule has 1 aromatic carbocycles. The van der Waals surface area contributed by atoms with Crippen LogP contribution in [0.25, 0.3) is 0 Å². The molecule has 7 heteroatoms. The van der Waals surface area contributed by atoms with Crippen molar-refractivity contribution in [1.29, 1.82) is 0 Å². The third-order valence-electron chi connectivity index (χ3n) is 2.50. The van der Waals surface area contributed by atoms with E-state index < -0.39 is 4.92 Å². The Morgan fingerprint density at radius 3 is 2.85 bits per heavy atom. The van der Waals surface area contributed by atoms with Gasteiger partial charge in [-0.2, -0.15) is 0 Å². The Balaban J connectivity index is 2.50. The lowest BCUT2D eigenvalue weighted by Crippen LogP contribution is -2.25. The quantitative estimate of drug-likeness (QED) is 0.446. The fourth-order valence-corrected chi connectivity index (χ4v) is 1.95. The van der Waals surface area contributed by atoms with Crippen LogP contribution in [0.5, 0.6) is 0 Å². The summed E-state index contributed by atoms with van der Waals surface area (Å²) in [7, 11) is 0. The molecule has 0 unspecified atom stereocenters. The van der Waals surface area contributed by atoms with Crippen molar-refractivity contribution < 1.29 is 14.5 Å². The van der Waals surface area contributed by atoms with Crippen LogP contribution < -0.4 is 5.32 Å². The van der Waals surface area contributed by atoms with Crippen molar-refractivity contribution in [1.82, 2.24) is 5.32 Å². The summed E-state index contributed by atoms with van der Waals surface area (Å²) in [6.45, 7) is 3.80. The fraction of sp³-hybridized carbons (Fsp3) is 0.462. The number of non-ortho nitro benzene ring substituents is 1. The number of carbonyl (C=O) groups excluding carboxylic acids is 1. The van der Waals surface area contributed by atoms with Gasteiger partial charge >= 0.3 is 0 Å². The molecular formula is C13H17BrN2O4. The minimum atomic E-state index is -0.526. The molecule has 0 aromatic heterocycles. The van der Waals surface area contributed by atoms with Gasteiger partial charge in [0.1, 0.15) is 0 Å². The fourth-order valence-electron chi connectivity index (χ4n) is 1.52. The summed E-state index contributed by atoms with van der Waals surface area (Å²) in [5.41, 5.74) is 0.151. The van der Waals surface area contributed by atoms with Gasteiger partial charge < -0.3 is 10.1 Å². The Morgan fingerprint density at radius 2 is 2.20 bits per heavy atom. The van der Waals surface area contributed by atoms with E-state index in [-0.39, 0.29) is 17.2 Å². The van der Waals surface area contributed by atoms with Crippen molar-refractivity contribution in [2.24, 2.45) is 0 Å². The highest BCUT2D eigenvalue weighted by Gasteiger charge is 2.14. The van der Waals surface area contributed by atoms with Crippen LogP contribution in [0, 0.1) is 10.1 Å². The van der Waals surface area contributed by atoms with E-state index in [2.05, 4.69) is 21.2 Å². The number of benzene rings is 1. The number of nitrogens with one attached hydrogen (secondary N) is 1. The van der Waals surface area contributed by atoms with Crippen molar-refractivity contribution in [3.05, 3.63) is 38.3 Å². The van der Waals surface area contributed by atoms with Gasteiger partial charge in [0.2, 0.25) is 0 Å². The number of nitrogens with zero attached hydrogens (tertiary/aromatic N) is 1. The van der Waals surface area contributed by atoms with E-state index >= 15 is 0 Å². The molecule has 0 radical (unpaired) electrons. The number of carbonyl (C=O) groups is 1. The summed E-state index contributed by atoms with van der Waals surface area (Å²) in [5.74, 6) is -0.337. The van der Waals surface area contributed by atoms with Crippen molar-refractivity contribution in [2.45, 2.75) is 19.8 Å². The lowest BCUT2D eigenvalue weighted by Gasteiger charge is -2.07. The third-order valence-corrected chi connectivity index (χ3v) is 3.20. The molecule has 0 aliphatic heterocycles. The van der Waals surface area contributed by atoms with Gasteiger partial charge in [0.25, 0.3) is 11.6 Å². The first-order chi connectivity index (χ1) is 9.56. The van der Waals surface area contributed by atoms with E-state index in [4.69, 9.17) is 4.74 Å². The van der Waals surface area contributed by atoms with Crippen molar-refractivity contribution in [3.8, 4) is 0 Å². The second kappa shape index (κ2) is 8.65. The average Bonchev–Trinajstić information content (AvgIpc) is 2.42. The third kappa shape index (κ3) is 5.26. The maximum Gasteiger partial charge on any atom is 0.270 e.